The minimum absolute atomic E-state index is 0.0806. The van der Waals surface area contributed by atoms with Crippen molar-refractivity contribution in [3.8, 4) is 0 Å². The van der Waals surface area contributed by atoms with Gasteiger partial charge >= 0.3 is 12.1 Å². The van der Waals surface area contributed by atoms with Crippen LogP contribution < -0.4 is 5.32 Å². The number of benzene rings is 1. The number of non-ortho nitro benzene ring substituents is 1. The van der Waals surface area contributed by atoms with Crippen molar-refractivity contribution in [2.24, 2.45) is 46.3 Å². The van der Waals surface area contributed by atoms with Crippen molar-refractivity contribution in [1.29, 1.82) is 0 Å². The Bertz CT molecular complexity index is 1160. The Balaban J connectivity index is 1.22. The number of ether oxygens (including phenoxy) is 2. The first-order valence-corrected chi connectivity index (χ1v) is 15.4. The third-order valence-electron chi connectivity index (χ3n) is 12.1. The van der Waals surface area contributed by atoms with Crippen LogP contribution in [0.5, 0.6) is 0 Å². The normalized spacial score (nSPS) is 38.5. The van der Waals surface area contributed by atoms with E-state index >= 15 is 0 Å². The second kappa shape index (κ2) is 11.5. The van der Waals surface area contributed by atoms with Crippen molar-refractivity contribution in [1.82, 2.24) is 0 Å². The standard InChI is InChI=1S/C32H46N2O7/c1-19(8-13-29(36)40-4)25-11-12-26-24-10-9-20-16-23(14-15-31(20,2)27(24)18-28(35)32(25,26)3)41-30(37)33-21-6-5-7-22(17-21)34(38)39/h5-7,17,19-20,23-28,35H,8-16,18H2,1-4H3,(H,33,37)/t19-,20-,23-,24+,25-,26+,27+,28+,31+,32-/m1/s1. The summed E-state index contributed by atoms with van der Waals surface area (Å²) in [4.78, 5) is 35.0. The lowest BCUT2D eigenvalue weighted by molar-refractivity contribution is -0.384. The molecule has 0 heterocycles. The SMILES string of the molecule is COC(=O)CC[C@@H](C)[C@H]1CC[C@H]2[C@@H]3CC[C@@H]4C[C@H](OC(=O)Nc5cccc([N+](=O)[O-])c5)CC[C@]4(C)[C@H]3C[C@H](O)[C@]12C. The molecule has 0 bridgehead atoms. The molecular formula is C32H46N2O7. The molecule has 9 nitrogen and oxygen atoms in total. The highest BCUT2D eigenvalue weighted by molar-refractivity contribution is 5.85. The number of hydrogen-bond acceptors (Lipinski definition) is 7. The highest BCUT2D eigenvalue weighted by atomic mass is 16.6. The molecule has 4 saturated carbocycles. The van der Waals surface area contributed by atoms with Crippen molar-refractivity contribution in [2.75, 3.05) is 12.4 Å². The highest BCUT2D eigenvalue weighted by Gasteiger charge is 2.63. The summed E-state index contributed by atoms with van der Waals surface area (Å²) >= 11 is 0. The summed E-state index contributed by atoms with van der Waals surface area (Å²) < 4.78 is 10.7. The first-order chi connectivity index (χ1) is 19.5. The van der Waals surface area contributed by atoms with E-state index in [0.29, 0.717) is 47.6 Å². The number of nitrogens with one attached hydrogen (secondary N) is 1. The largest absolute Gasteiger partial charge is 0.469 e. The number of carbonyl (C=O) groups excluding carboxylic acids is 2. The number of aliphatic hydroxyl groups is 1. The molecule has 1 amide bonds. The second-order valence-electron chi connectivity index (χ2n) is 13.8. The van der Waals surface area contributed by atoms with E-state index in [2.05, 4.69) is 26.1 Å². The van der Waals surface area contributed by atoms with Crippen LogP contribution in [0.1, 0.15) is 85.0 Å². The number of hydrogen-bond donors (Lipinski definition) is 2. The Morgan fingerprint density at radius 3 is 2.66 bits per heavy atom. The highest BCUT2D eigenvalue weighted by Crippen LogP contribution is 2.68. The number of rotatable bonds is 7. The number of aliphatic hydroxyl groups excluding tert-OH is 1. The maximum Gasteiger partial charge on any atom is 0.411 e. The second-order valence-corrected chi connectivity index (χ2v) is 13.8. The third-order valence-corrected chi connectivity index (χ3v) is 12.1. The van der Waals surface area contributed by atoms with Gasteiger partial charge in [-0.25, -0.2) is 4.79 Å². The summed E-state index contributed by atoms with van der Waals surface area (Å²) in [5.41, 5.74) is 0.253. The van der Waals surface area contributed by atoms with Crippen molar-refractivity contribution in [3.63, 3.8) is 0 Å². The van der Waals surface area contributed by atoms with Crippen molar-refractivity contribution < 1.29 is 29.1 Å². The van der Waals surface area contributed by atoms with Crippen LogP contribution in [-0.4, -0.2) is 41.4 Å². The van der Waals surface area contributed by atoms with Crippen LogP contribution in [0.25, 0.3) is 0 Å². The molecule has 4 aliphatic carbocycles. The van der Waals surface area contributed by atoms with Gasteiger partial charge in [-0.05, 0) is 110 Å². The molecule has 4 aliphatic rings. The molecule has 0 radical (unpaired) electrons. The molecule has 0 aliphatic heterocycles. The fourth-order valence-electron chi connectivity index (χ4n) is 9.90. The summed E-state index contributed by atoms with van der Waals surface area (Å²) in [5.74, 6) is 2.59. The van der Waals surface area contributed by atoms with Gasteiger partial charge in [-0.15, -0.1) is 0 Å². The molecule has 9 heteroatoms. The Morgan fingerprint density at radius 1 is 1.15 bits per heavy atom. The maximum atomic E-state index is 12.7. The van der Waals surface area contributed by atoms with Crippen molar-refractivity contribution >= 4 is 23.4 Å². The van der Waals surface area contributed by atoms with Gasteiger partial charge in [0.15, 0.2) is 0 Å². The average molecular weight is 571 g/mol. The summed E-state index contributed by atoms with van der Waals surface area (Å²) in [7, 11) is 1.44. The van der Waals surface area contributed by atoms with Gasteiger partial charge in [0.2, 0.25) is 0 Å². The molecule has 41 heavy (non-hydrogen) atoms. The topological polar surface area (TPSA) is 128 Å². The van der Waals surface area contributed by atoms with Crippen LogP contribution in [0.4, 0.5) is 16.2 Å². The van der Waals surface area contributed by atoms with Gasteiger partial charge in [-0.3, -0.25) is 20.2 Å². The van der Waals surface area contributed by atoms with E-state index in [1.165, 1.54) is 25.3 Å². The van der Waals surface area contributed by atoms with Crippen LogP contribution in [0.2, 0.25) is 0 Å². The molecule has 10 atom stereocenters. The van der Waals surface area contributed by atoms with Crippen LogP contribution in [0.3, 0.4) is 0 Å². The number of nitro groups is 1. The summed E-state index contributed by atoms with van der Waals surface area (Å²) in [6.45, 7) is 6.98. The van der Waals surface area contributed by atoms with Gasteiger partial charge < -0.3 is 14.6 Å². The molecule has 0 unspecified atom stereocenters. The van der Waals surface area contributed by atoms with E-state index in [9.17, 15) is 24.8 Å². The zero-order valence-corrected chi connectivity index (χ0v) is 24.8. The number of fused-ring (bicyclic) bond motifs is 5. The number of nitrogens with zero attached hydrogens (tertiary/aromatic N) is 1. The number of esters is 1. The van der Waals surface area contributed by atoms with Crippen LogP contribution >= 0.6 is 0 Å². The quantitative estimate of drug-likeness (QED) is 0.211. The van der Waals surface area contributed by atoms with Gasteiger partial charge in [-0.2, -0.15) is 0 Å². The van der Waals surface area contributed by atoms with Crippen LogP contribution in [-0.2, 0) is 14.3 Å². The number of amides is 1. The molecule has 1 aromatic rings. The van der Waals surface area contributed by atoms with Gasteiger partial charge in [-0.1, -0.05) is 26.8 Å². The summed E-state index contributed by atoms with van der Waals surface area (Å²) in [5, 5.41) is 25.5. The first-order valence-electron chi connectivity index (χ1n) is 15.4. The molecule has 226 valence electrons. The lowest BCUT2D eigenvalue weighted by Crippen LogP contribution is -2.59. The average Bonchev–Trinajstić information content (AvgIpc) is 3.31. The van der Waals surface area contributed by atoms with Crippen LogP contribution in [0, 0.1) is 56.5 Å². The minimum Gasteiger partial charge on any atom is -0.469 e. The Kier molecular flexibility index (Phi) is 8.39. The minimum atomic E-state index is -0.574. The molecule has 0 saturated heterocycles. The lowest BCUT2D eigenvalue weighted by Gasteiger charge is -2.62. The fourth-order valence-corrected chi connectivity index (χ4v) is 9.90. The maximum absolute atomic E-state index is 12.7. The smallest absolute Gasteiger partial charge is 0.411 e. The number of nitro benzene ring substituents is 1. The van der Waals surface area contributed by atoms with E-state index in [1.54, 1.807) is 6.07 Å². The van der Waals surface area contributed by atoms with E-state index in [-0.39, 0.29) is 34.7 Å². The predicted octanol–water partition coefficient (Wildman–Crippen LogP) is 6.73. The summed E-state index contributed by atoms with van der Waals surface area (Å²) in [6.07, 6.45) is 8.01. The van der Waals surface area contributed by atoms with Gasteiger partial charge in [0.1, 0.15) is 6.10 Å². The fraction of sp³-hybridized carbons (Fsp3) is 0.750. The summed E-state index contributed by atoms with van der Waals surface area (Å²) in [6, 6.07) is 5.87. The molecular weight excluding hydrogens is 524 g/mol. The number of anilines is 1. The molecule has 1 aromatic carbocycles. The van der Waals surface area contributed by atoms with Gasteiger partial charge in [0.05, 0.1) is 23.8 Å². The van der Waals surface area contributed by atoms with Crippen molar-refractivity contribution in [2.45, 2.75) is 97.2 Å². The molecule has 4 fully saturated rings. The zero-order chi connectivity index (χ0) is 29.5. The van der Waals surface area contributed by atoms with E-state index in [4.69, 9.17) is 9.47 Å². The Morgan fingerprint density at radius 2 is 1.93 bits per heavy atom. The van der Waals surface area contributed by atoms with Gasteiger partial charge in [0.25, 0.3) is 5.69 Å². The number of methoxy groups -OCH3 is 1. The molecule has 0 aromatic heterocycles. The van der Waals surface area contributed by atoms with E-state index < -0.39 is 11.0 Å². The van der Waals surface area contributed by atoms with Crippen LogP contribution in [0.15, 0.2) is 24.3 Å². The van der Waals surface area contributed by atoms with E-state index in [0.717, 1.165) is 57.8 Å². The van der Waals surface area contributed by atoms with Crippen molar-refractivity contribution in [3.05, 3.63) is 34.4 Å². The Labute approximate surface area is 242 Å². The number of carbonyl (C=O) groups is 2. The molecule has 5 rings (SSSR count). The predicted molar refractivity (Wildman–Crippen MR) is 154 cm³/mol. The van der Waals surface area contributed by atoms with Gasteiger partial charge in [0, 0.05) is 18.6 Å². The van der Waals surface area contributed by atoms with E-state index in [1.807, 2.05) is 0 Å². The zero-order valence-electron chi connectivity index (χ0n) is 24.8. The molecule has 0 spiro atoms. The lowest BCUT2D eigenvalue weighted by atomic mass is 9.43. The monoisotopic (exact) mass is 570 g/mol. The first kappa shape index (κ1) is 29.8. The molecule has 2 N–H and O–H groups in total. The third kappa shape index (κ3) is 5.46. The Hall–Kier alpha value is -2.68.